The highest BCUT2D eigenvalue weighted by Gasteiger charge is 2.16. The largest absolute Gasteiger partial charge is 0.320 e. The second kappa shape index (κ2) is 5.54. The second-order valence-corrected chi connectivity index (χ2v) is 5.59. The van der Waals surface area contributed by atoms with Crippen molar-refractivity contribution in [1.82, 2.24) is 34.7 Å². The van der Waals surface area contributed by atoms with E-state index in [-0.39, 0.29) is 0 Å². The Morgan fingerprint density at radius 1 is 1.32 bits per heavy atom. The fourth-order valence-corrected chi connectivity index (χ4v) is 2.83. The van der Waals surface area contributed by atoms with Gasteiger partial charge in [-0.05, 0) is 25.9 Å². The van der Waals surface area contributed by atoms with Gasteiger partial charge in [-0.3, -0.25) is 4.68 Å². The highest BCUT2D eigenvalue weighted by Crippen LogP contribution is 2.21. The maximum atomic E-state index is 5.99. The van der Waals surface area contributed by atoms with Gasteiger partial charge in [-0.15, -0.1) is 5.10 Å². The maximum Gasteiger partial charge on any atom is 0.247 e. The molecule has 4 rings (SSSR count). The molecule has 9 heteroatoms. The van der Waals surface area contributed by atoms with Crippen LogP contribution in [0.25, 0.3) is 5.65 Å². The van der Waals surface area contributed by atoms with Gasteiger partial charge >= 0.3 is 0 Å². The van der Waals surface area contributed by atoms with Gasteiger partial charge in [0, 0.05) is 18.6 Å². The number of halogens is 1. The topological polar surface area (TPSA) is 85.0 Å². The highest BCUT2D eigenvalue weighted by molar-refractivity contribution is 6.32. The Hall–Kier alpha value is -2.19. The summed E-state index contributed by atoms with van der Waals surface area (Å²) in [5.74, 6) is 0.472. The van der Waals surface area contributed by atoms with E-state index in [1.165, 1.54) is 0 Å². The first-order valence-electron chi connectivity index (χ1n) is 7.18. The van der Waals surface area contributed by atoms with Crippen molar-refractivity contribution in [2.75, 3.05) is 18.4 Å². The van der Waals surface area contributed by atoms with Crippen LogP contribution < -0.4 is 10.6 Å². The van der Waals surface area contributed by atoms with Crippen LogP contribution in [0.3, 0.4) is 0 Å². The van der Waals surface area contributed by atoms with Crippen molar-refractivity contribution in [3.05, 3.63) is 29.9 Å². The van der Waals surface area contributed by atoms with Crippen LogP contribution in [0, 0.1) is 0 Å². The molecule has 0 unspecified atom stereocenters. The third kappa shape index (κ3) is 2.51. The number of anilines is 2. The molecular formula is C13H15ClN8. The van der Waals surface area contributed by atoms with Gasteiger partial charge < -0.3 is 10.6 Å². The lowest BCUT2D eigenvalue weighted by molar-refractivity contribution is 0.343. The molecule has 0 aliphatic carbocycles. The Balaban J connectivity index is 1.55. The summed E-state index contributed by atoms with van der Waals surface area (Å²) in [6.45, 7) is 2.07. The molecule has 0 bridgehead atoms. The molecule has 3 aromatic rings. The van der Waals surface area contributed by atoms with Crippen LogP contribution in [0.15, 0.2) is 24.8 Å². The Kier molecular flexibility index (Phi) is 3.39. The molecule has 8 nitrogen and oxygen atoms in total. The number of hydrogen-bond acceptors (Lipinski definition) is 6. The summed E-state index contributed by atoms with van der Waals surface area (Å²) in [5.41, 5.74) is 1.39. The van der Waals surface area contributed by atoms with Crippen LogP contribution >= 0.6 is 11.6 Å². The van der Waals surface area contributed by atoms with E-state index in [1.807, 2.05) is 10.9 Å². The first-order chi connectivity index (χ1) is 10.8. The fourth-order valence-electron chi connectivity index (χ4n) is 2.64. The van der Waals surface area contributed by atoms with E-state index < -0.39 is 0 Å². The molecule has 4 heterocycles. The van der Waals surface area contributed by atoms with Crippen LogP contribution in [0.1, 0.15) is 18.9 Å². The molecule has 0 amide bonds. The number of nitrogens with one attached hydrogen (secondary N) is 2. The summed E-state index contributed by atoms with van der Waals surface area (Å²) in [5, 5.41) is 15.6. The Morgan fingerprint density at radius 2 is 2.18 bits per heavy atom. The lowest BCUT2D eigenvalue weighted by Crippen LogP contribution is -2.29. The van der Waals surface area contributed by atoms with E-state index in [2.05, 4.69) is 30.8 Å². The zero-order valence-electron chi connectivity index (χ0n) is 11.8. The molecule has 0 radical (unpaired) electrons. The van der Waals surface area contributed by atoms with Crippen LogP contribution in [0.4, 0.5) is 11.6 Å². The molecule has 3 aromatic heterocycles. The number of aromatic nitrogens is 6. The molecule has 0 aromatic carbocycles. The smallest absolute Gasteiger partial charge is 0.247 e. The van der Waals surface area contributed by atoms with Gasteiger partial charge in [-0.2, -0.15) is 10.1 Å². The van der Waals surface area contributed by atoms with Gasteiger partial charge in [-0.25, -0.2) is 9.50 Å². The zero-order chi connectivity index (χ0) is 14.9. The quantitative estimate of drug-likeness (QED) is 0.763. The Morgan fingerprint density at radius 3 is 3.00 bits per heavy atom. The SMILES string of the molecule is Clc1nccn2nc(Nc3cnn(C4CCNCC4)c3)nc12. The molecule has 1 saturated heterocycles. The second-order valence-electron chi connectivity index (χ2n) is 5.24. The van der Waals surface area contributed by atoms with Gasteiger partial charge in [0.25, 0.3) is 0 Å². The van der Waals surface area contributed by atoms with Crippen LogP contribution in [-0.2, 0) is 0 Å². The predicted octanol–water partition coefficient (Wildman–Crippen LogP) is 1.64. The lowest BCUT2D eigenvalue weighted by atomic mass is 10.1. The molecule has 1 aliphatic rings. The molecule has 0 spiro atoms. The van der Waals surface area contributed by atoms with E-state index in [9.17, 15) is 0 Å². The summed E-state index contributed by atoms with van der Waals surface area (Å²) in [6, 6.07) is 0.449. The van der Waals surface area contributed by atoms with Crippen molar-refractivity contribution in [2.45, 2.75) is 18.9 Å². The van der Waals surface area contributed by atoms with Gasteiger partial charge in [0.2, 0.25) is 5.95 Å². The average Bonchev–Trinajstić information content (AvgIpc) is 3.16. The molecule has 22 heavy (non-hydrogen) atoms. The van der Waals surface area contributed by atoms with Crippen molar-refractivity contribution in [3.8, 4) is 0 Å². The zero-order valence-corrected chi connectivity index (χ0v) is 12.5. The summed E-state index contributed by atoms with van der Waals surface area (Å²) in [6.07, 6.45) is 9.25. The minimum atomic E-state index is 0.327. The van der Waals surface area contributed by atoms with Gasteiger partial charge in [0.05, 0.1) is 17.9 Å². The van der Waals surface area contributed by atoms with E-state index in [0.29, 0.717) is 22.8 Å². The van der Waals surface area contributed by atoms with Crippen molar-refractivity contribution >= 4 is 28.9 Å². The summed E-state index contributed by atoms with van der Waals surface area (Å²) in [4.78, 5) is 8.31. The number of hydrogen-bond donors (Lipinski definition) is 2. The van der Waals surface area contributed by atoms with Gasteiger partial charge in [0.15, 0.2) is 10.8 Å². The third-order valence-electron chi connectivity index (χ3n) is 3.75. The van der Waals surface area contributed by atoms with Crippen LogP contribution in [0.2, 0.25) is 5.15 Å². The predicted molar refractivity (Wildman–Crippen MR) is 82.4 cm³/mol. The molecule has 1 fully saturated rings. The summed E-state index contributed by atoms with van der Waals surface area (Å²) in [7, 11) is 0. The normalized spacial score (nSPS) is 16.2. The van der Waals surface area contributed by atoms with Gasteiger partial charge in [-0.1, -0.05) is 11.6 Å². The molecular weight excluding hydrogens is 304 g/mol. The van der Waals surface area contributed by atoms with Crippen molar-refractivity contribution < 1.29 is 0 Å². The Bertz CT molecular complexity index is 788. The molecule has 1 aliphatic heterocycles. The molecule has 114 valence electrons. The van der Waals surface area contributed by atoms with Gasteiger partial charge in [0.1, 0.15) is 0 Å². The van der Waals surface area contributed by atoms with Crippen molar-refractivity contribution in [3.63, 3.8) is 0 Å². The monoisotopic (exact) mass is 318 g/mol. The minimum Gasteiger partial charge on any atom is -0.320 e. The minimum absolute atomic E-state index is 0.327. The van der Waals surface area contributed by atoms with E-state index in [0.717, 1.165) is 31.6 Å². The number of rotatable bonds is 3. The van der Waals surface area contributed by atoms with Crippen LogP contribution in [-0.4, -0.2) is 42.5 Å². The Labute approximate surface area is 131 Å². The van der Waals surface area contributed by atoms with Crippen molar-refractivity contribution in [2.24, 2.45) is 0 Å². The van der Waals surface area contributed by atoms with E-state index >= 15 is 0 Å². The lowest BCUT2D eigenvalue weighted by Gasteiger charge is -2.22. The molecule has 0 saturated carbocycles. The molecule has 2 N–H and O–H groups in total. The van der Waals surface area contributed by atoms with E-state index in [4.69, 9.17) is 11.6 Å². The number of piperidine rings is 1. The van der Waals surface area contributed by atoms with Crippen LogP contribution in [0.5, 0.6) is 0 Å². The number of fused-ring (bicyclic) bond motifs is 1. The average molecular weight is 319 g/mol. The third-order valence-corrected chi connectivity index (χ3v) is 4.02. The first-order valence-corrected chi connectivity index (χ1v) is 7.56. The van der Waals surface area contributed by atoms with E-state index in [1.54, 1.807) is 23.1 Å². The molecule has 0 atom stereocenters. The number of nitrogens with zero attached hydrogens (tertiary/aromatic N) is 6. The highest BCUT2D eigenvalue weighted by atomic mass is 35.5. The fraction of sp³-hybridized carbons (Fsp3) is 0.385. The summed E-state index contributed by atoms with van der Waals surface area (Å²) >= 11 is 5.99. The first kappa shape index (κ1) is 13.5. The summed E-state index contributed by atoms with van der Waals surface area (Å²) < 4.78 is 3.60. The maximum absolute atomic E-state index is 5.99. The van der Waals surface area contributed by atoms with Crippen molar-refractivity contribution in [1.29, 1.82) is 0 Å². The standard InChI is InChI=1S/C13H15ClN8/c14-11-12-19-13(20-21(12)6-5-16-11)18-9-7-17-22(8-9)10-1-3-15-4-2-10/h5-8,10,15H,1-4H2,(H,18,20).